The van der Waals surface area contributed by atoms with Gasteiger partial charge in [-0.3, -0.25) is 4.79 Å². The second kappa shape index (κ2) is 7.58. The average Bonchev–Trinajstić information content (AvgIpc) is 2.88. The number of rotatable bonds is 4. The molecule has 1 amide bonds. The third-order valence-electron chi connectivity index (χ3n) is 2.51. The van der Waals surface area contributed by atoms with Crippen molar-refractivity contribution in [1.29, 1.82) is 0 Å². The third kappa shape index (κ3) is 4.98. The minimum absolute atomic E-state index is 0. The number of hydrogen-bond donors (Lipinski definition) is 2. The molecule has 0 fully saturated rings. The Bertz CT molecular complexity index is 638. The smallest absolute Gasteiger partial charge is 0.275 e. The van der Waals surface area contributed by atoms with Crippen LogP contribution in [0.2, 0.25) is 0 Å². The van der Waals surface area contributed by atoms with Crippen LogP contribution >= 0.6 is 23.7 Å². The average molecular weight is 342 g/mol. The summed E-state index contributed by atoms with van der Waals surface area (Å²) in [7, 11) is 0. The number of nitrogens with zero attached hydrogens (tertiary/aromatic N) is 1. The van der Waals surface area contributed by atoms with Gasteiger partial charge in [0.2, 0.25) is 0 Å². The molecule has 2 aromatic rings. The summed E-state index contributed by atoms with van der Waals surface area (Å²) in [6, 6.07) is 7.34. The van der Waals surface area contributed by atoms with Gasteiger partial charge in [-0.15, -0.1) is 23.7 Å². The van der Waals surface area contributed by atoms with Crippen molar-refractivity contribution < 1.29 is 9.53 Å². The lowest BCUT2D eigenvalue weighted by Gasteiger charge is -2.23. The van der Waals surface area contributed by atoms with Gasteiger partial charge in [-0.2, -0.15) is 0 Å². The summed E-state index contributed by atoms with van der Waals surface area (Å²) in [6.45, 7) is 6.21. The fourth-order valence-electron chi connectivity index (χ4n) is 1.68. The van der Waals surface area contributed by atoms with Gasteiger partial charge < -0.3 is 15.8 Å². The van der Waals surface area contributed by atoms with Crippen molar-refractivity contribution in [3.63, 3.8) is 0 Å². The first-order valence-electron chi connectivity index (χ1n) is 6.63. The molecule has 0 saturated carbocycles. The van der Waals surface area contributed by atoms with Crippen LogP contribution in [0.25, 0.3) is 0 Å². The molecule has 0 aliphatic rings. The van der Waals surface area contributed by atoms with Crippen molar-refractivity contribution in [2.24, 2.45) is 5.73 Å². The van der Waals surface area contributed by atoms with E-state index in [1.807, 2.05) is 39.0 Å². The normalized spacial score (nSPS) is 10.7. The Morgan fingerprint density at radius 2 is 2.05 bits per heavy atom. The quantitative estimate of drug-likeness (QED) is 0.892. The number of anilines is 1. The molecule has 0 spiro atoms. The molecule has 0 bridgehead atoms. The molecule has 5 nitrogen and oxygen atoms in total. The molecular formula is C15H20ClN3O2S. The standard InChI is InChI=1S/C15H19N3O2S.ClH/c1-15(2,3)20-12-7-5-4-6-10(12)18-14(19)11-9-21-13(8-16)17-11;/h4-7,9H,8,16H2,1-3H3,(H,18,19);1H. The molecule has 1 aromatic heterocycles. The lowest BCUT2D eigenvalue weighted by atomic mass is 10.2. The largest absolute Gasteiger partial charge is 0.486 e. The maximum atomic E-state index is 12.2. The summed E-state index contributed by atoms with van der Waals surface area (Å²) in [6.07, 6.45) is 0. The van der Waals surface area contributed by atoms with E-state index in [2.05, 4.69) is 10.3 Å². The summed E-state index contributed by atoms with van der Waals surface area (Å²) in [4.78, 5) is 16.4. The van der Waals surface area contributed by atoms with E-state index in [-0.39, 0.29) is 23.9 Å². The predicted octanol–water partition coefficient (Wildman–Crippen LogP) is 3.45. The van der Waals surface area contributed by atoms with E-state index in [4.69, 9.17) is 10.5 Å². The molecule has 0 saturated heterocycles. The third-order valence-corrected chi connectivity index (χ3v) is 3.38. The van der Waals surface area contributed by atoms with Crippen LogP contribution < -0.4 is 15.8 Å². The zero-order valence-corrected chi connectivity index (χ0v) is 14.4. The number of amides is 1. The van der Waals surface area contributed by atoms with Crippen molar-refractivity contribution in [2.75, 3.05) is 5.32 Å². The van der Waals surface area contributed by atoms with Gasteiger partial charge in [0, 0.05) is 11.9 Å². The van der Waals surface area contributed by atoms with Crippen LogP contribution in [-0.2, 0) is 6.54 Å². The van der Waals surface area contributed by atoms with Gasteiger partial charge in [0.15, 0.2) is 0 Å². The zero-order valence-electron chi connectivity index (χ0n) is 12.8. The highest BCUT2D eigenvalue weighted by Gasteiger charge is 2.17. The fourth-order valence-corrected chi connectivity index (χ4v) is 2.34. The summed E-state index contributed by atoms with van der Waals surface area (Å²) >= 11 is 1.37. The molecule has 0 aliphatic heterocycles. The number of aromatic nitrogens is 1. The van der Waals surface area contributed by atoms with Crippen LogP contribution in [0.5, 0.6) is 5.75 Å². The van der Waals surface area contributed by atoms with Crippen LogP contribution in [0, 0.1) is 0 Å². The highest BCUT2D eigenvalue weighted by atomic mass is 35.5. The van der Waals surface area contributed by atoms with E-state index in [0.717, 1.165) is 5.01 Å². The molecule has 1 heterocycles. The number of nitrogens with one attached hydrogen (secondary N) is 1. The van der Waals surface area contributed by atoms with E-state index < -0.39 is 0 Å². The zero-order chi connectivity index (χ0) is 15.5. The van der Waals surface area contributed by atoms with Crippen molar-refractivity contribution >= 4 is 35.3 Å². The molecule has 22 heavy (non-hydrogen) atoms. The van der Waals surface area contributed by atoms with Crippen molar-refractivity contribution in [2.45, 2.75) is 32.9 Å². The van der Waals surface area contributed by atoms with Gasteiger partial charge in [-0.25, -0.2) is 4.98 Å². The van der Waals surface area contributed by atoms with E-state index in [0.29, 0.717) is 23.7 Å². The summed E-state index contributed by atoms with van der Waals surface area (Å²) < 4.78 is 5.84. The van der Waals surface area contributed by atoms with E-state index >= 15 is 0 Å². The van der Waals surface area contributed by atoms with Gasteiger partial charge in [0.25, 0.3) is 5.91 Å². The van der Waals surface area contributed by atoms with Crippen LogP contribution in [0.3, 0.4) is 0 Å². The molecule has 0 atom stereocenters. The number of hydrogen-bond acceptors (Lipinski definition) is 5. The molecule has 0 unspecified atom stereocenters. The Kier molecular flexibility index (Phi) is 6.34. The Morgan fingerprint density at radius 1 is 1.36 bits per heavy atom. The van der Waals surface area contributed by atoms with Crippen LogP contribution in [-0.4, -0.2) is 16.5 Å². The number of carbonyl (C=O) groups is 1. The molecule has 1 aromatic carbocycles. The summed E-state index contributed by atoms with van der Waals surface area (Å²) in [5, 5.41) is 5.26. The molecule has 0 aliphatic carbocycles. The van der Waals surface area contributed by atoms with Gasteiger partial charge in [-0.05, 0) is 32.9 Å². The Morgan fingerprint density at radius 3 is 2.64 bits per heavy atom. The maximum absolute atomic E-state index is 12.2. The topological polar surface area (TPSA) is 77.2 Å². The number of benzene rings is 1. The molecule has 0 radical (unpaired) electrons. The highest BCUT2D eigenvalue weighted by molar-refractivity contribution is 7.09. The monoisotopic (exact) mass is 341 g/mol. The molecule has 7 heteroatoms. The van der Waals surface area contributed by atoms with Crippen LogP contribution in [0.15, 0.2) is 29.6 Å². The molecular weight excluding hydrogens is 322 g/mol. The van der Waals surface area contributed by atoms with Crippen LogP contribution in [0.4, 0.5) is 5.69 Å². The van der Waals surface area contributed by atoms with E-state index in [1.54, 1.807) is 11.4 Å². The first kappa shape index (κ1) is 18.4. The Labute approximate surface area is 140 Å². The fraction of sp³-hybridized carbons (Fsp3) is 0.333. The number of carbonyl (C=O) groups excluding carboxylic acids is 1. The second-order valence-electron chi connectivity index (χ2n) is 5.50. The summed E-state index contributed by atoms with van der Waals surface area (Å²) in [5.74, 6) is 0.364. The van der Waals surface area contributed by atoms with E-state index in [1.165, 1.54) is 11.3 Å². The Balaban J connectivity index is 0.00000242. The maximum Gasteiger partial charge on any atom is 0.275 e. The van der Waals surface area contributed by atoms with Crippen molar-refractivity contribution in [1.82, 2.24) is 4.98 Å². The van der Waals surface area contributed by atoms with Crippen LogP contribution in [0.1, 0.15) is 36.3 Å². The molecule has 120 valence electrons. The minimum Gasteiger partial charge on any atom is -0.486 e. The lowest BCUT2D eigenvalue weighted by molar-refractivity contribution is 0.101. The number of ether oxygens (including phenoxy) is 1. The number of halogens is 1. The number of nitrogens with two attached hydrogens (primary N) is 1. The highest BCUT2D eigenvalue weighted by Crippen LogP contribution is 2.28. The van der Waals surface area contributed by atoms with Gasteiger partial charge >= 0.3 is 0 Å². The SMILES string of the molecule is CC(C)(C)Oc1ccccc1NC(=O)c1csc(CN)n1.Cl. The van der Waals surface area contributed by atoms with Gasteiger partial charge in [0.05, 0.1) is 5.69 Å². The first-order valence-corrected chi connectivity index (χ1v) is 7.51. The first-order chi connectivity index (χ1) is 9.89. The van der Waals surface area contributed by atoms with Crippen molar-refractivity contribution in [3.05, 3.63) is 40.3 Å². The number of thiazole rings is 1. The number of para-hydroxylation sites is 2. The molecule has 3 N–H and O–H groups in total. The second-order valence-corrected chi connectivity index (χ2v) is 6.44. The van der Waals surface area contributed by atoms with Gasteiger partial charge in [-0.1, -0.05) is 12.1 Å². The molecule has 2 rings (SSSR count). The van der Waals surface area contributed by atoms with Crippen molar-refractivity contribution in [3.8, 4) is 5.75 Å². The Hall–Kier alpha value is -1.63. The van der Waals surface area contributed by atoms with Gasteiger partial charge in [0.1, 0.15) is 22.1 Å². The lowest BCUT2D eigenvalue weighted by Crippen LogP contribution is -2.24. The minimum atomic E-state index is -0.339. The summed E-state index contributed by atoms with van der Waals surface area (Å²) in [5.41, 5.74) is 6.16. The van der Waals surface area contributed by atoms with E-state index in [9.17, 15) is 4.79 Å². The predicted molar refractivity (Wildman–Crippen MR) is 92.0 cm³/mol.